The first-order chi connectivity index (χ1) is 13.2. The molecule has 0 saturated carbocycles. The van der Waals surface area contributed by atoms with Gasteiger partial charge < -0.3 is 14.2 Å². The number of carbonyl (C=O) groups excluding carboxylic acids is 1. The summed E-state index contributed by atoms with van der Waals surface area (Å²) in [4.78, 5) is 12.0. The fraction of sp³-hybridized carbons (Fsp3) is 0.350. The van der Waals surface area contributed by atoms with Gasteiger partial charge in [-0.3, -0.25) is 4.72 Å². The Kier molecular flexibility index (Phi) is 6.90. The lowest BCUT2D eigenvalue weighted by Crippen LogP contribution is -2.16. The van der Waals surface area contributed by atoms with Crippen molar-refractivity contribution < 1.29 is 27.4 Å². The van der Waals surface area contributed by atoms with Crippen molar-refractivity contribution in [3.05, 3.63) is 47.0 Å². The van der Waals surface area contributed by atoms with Gasteiger partial charge in [-0.25, -0.2) is 13.2 Å². The number of methoxy groups -OCH3 is 1. The summed E-state index contributed by atoms with van der Waals surface area (Å²) >= 11 is 0. The van der Waals surface area contributed by atoms with Crippen LogP contribution in [-0.2, 0) is 14.8 Å². The smallest absolute Gasteiger partial charge is 0.338 e. The van der Waals surface area contributed by atoms with Crippen molar-refractivity contribution in [2.24, 2.45) is 0 Å². The van der Waals surface area contributed by atoms with Crippen LogP contribution in [0.25, 0.3) is 0 Å². The Morgan fingerprint density at radius 3 is 2.29 bits per heavy atom. The van der Waals surface area contributed by atoms with Gasteiger partial charge in [0.1, 0.15) is 16.4 Å². The normalized spacial score (nSPS) is 11.0. The van der Waals surface area contributed by atoms with E-state index in [0.29, 0.717) is 6.61 Å². The number of benzene rings is 2. The minimum Gasteiger partial charge on any atom is -0.495 e. The Morgan fingerprint density at radius 1 is 1.00 bits per heavy atom. The van der Waals surface area contributed by atoms with Gasteiger partial charge in [-0.15, -0.1) is 0 Å². The first kappa shape index (κ1) is 21.6. The molecule has 0 heterocycles. The third-order valence-corrected chi connectivity index (χ3v) is 5.49. The van der Waals surface area contributed by atoms with Crippen LogP contribution in [0.15, 0.2) is 35.2 Å². The number of nitrogens with one attached hydrogen (secondary N) is 1. The average Bonchev–Trinajstić information content (AvgIpc) is 2.65. The van der Waals surface area contributed by atoms with Crippen molar-refractivity contribution in [3.63, 3.8) is 0 Å². The standard InChI is InChI=1S/C20H25NO6S/c1-6-26-17-12-15(20(22)27-7-2)8-9-16(17)21-28(23,24)19-11-14(4)13(3)10-18(19)25-5/h8-12,21H,6-7H2,1-5H3. The van der Waals surface area contributed by atoms with E-state index >= 15 is 0 Å². The van der Waals surface area contributed by atoms with Crippen molar-refractivity contribution in [2.75, 3.05) is 25.0 Å². The average molecular weight is 407 g/mol. The largest absolute Gasteiger partial charge is 0.495 e. The molecule has 0 aliphatic heterocycles. The van der Waals surface area contributed by atoms with Gasteiger partial charge in [0.2, 0.25) is 0 Å². The summed E-state index contributed by atoms with van der Waals surface area (Å²) in [5.74, 6) is -0.0233. The Morgan fingerprint density at radius 2 is 1.68 bits per heavy atom. The van der Waals surface area contributed by atoms with Gasteiger partial charge in [-0.1, -0.05) is 0 Å². The first-order valence-electron chi connectivity index (χ1n) is 8.85. The minimum atomic E-state index is -3.95. The van der Waals surface area contributed by atoms with E-state index in [0.717, 1.165) is 11.1 Å². The van der Waals surface area contributed by atoms with E-state index in [1.165, 1.54) is 25.3 Å². The summed E-state index contributed by atoms with van der Waals surface area (Å²) in [6, 6.07) is 7.65. The molecule has 0 bridgehead atoms. The molecular formula is C20H25NO6S. The van der Waals surface area contributed by atoms with Crippen molar-refractivity contribution in [2.45, 2.75) is 32.6 Å². The van der Waals surface area contributed by atoms with E-state index in [4.69, 9.17) is 14.2 Å². The summed E-state index contributed by atoms with van der Waals surface area (Å²) in [5, 5.41) is 0. The Balaban J connectivity index is 2.46. The molecule has 0 aromatic heterocycles. The molecule has 2 rings (SSSR count). The summed E-state index contributed by atoms with van der Waals surface area (Å²) in [7, 11) is -2.53. The maximum atomic E-state index is 13.0. The highest BCUT2D eigenvalue weighted by Gasteiger charge is 2.23. The van der Waals surface area contributed by atoms with Gasteiger partial charge in [0.05, 0.1) is 31.6 Å². The molecule has 0 fully saturated rings. The molecule has 0 aliphatic rings. The highest BCUT2D eigenvalue weighted by molar-refractivity contribution is 7.92. The molecule has 8 heteroatoms. The number of rotatable bonds is 8. The van der Waals surface area contributed by atoms with E-state index < -0.39 is 16.0 Å². The zero-order chi connectivity index (χ0) is 20.9. The van der Waals surface area contributed by atoms with Crippen LogP contribution in [-0.4, -0.2) is 34.7 Å². The highest BCUT2D eigenvalue weighted by atomic mass is 32.2. The van der Waals surface area contributed by atoms with E-state index in [1.807, 2.05) is 13.8 Å². The molecule has 152 valence electrons. The van der Waals surface area contributed by atoms with Gasteiger partial charge in [0.25, 0.3) is 10.0 Å². The van der Waals surface area contributed by atoms with Crippen LogP contribution in [0.4, 0.5) is 5.69 Å². The van der Waals surface area contributed by atoms with Crippen LogP contribution in [0.2, 0.25) is 0 Å². The van der Waals surface area contributed by atoms with E-state index in [2.05, 4.69) is 4.72 Å². The second-order valence-electron chi connectivity index (χ2n) is 6.06. The van der Waals surface area contributed by atoms with Crippen LogP contribution < -0.4 is 14.2 Å². The van der Waals surface area contributed by atoms with Crippen molar-refractivity contribution in [3.8, 4) is 11.5 Å². The second-order valence-corrected chi connectivity index (χ2v) is 7.71. The van der Waals surface area contributed by atoms with Gasteiger partial charge in [-0.05, 0) is 69.2 Å². The maximum Gasteiger partial charge on any atom is 0.338 e. The molecule has 0 radical (unpaired) electrons. The fourth-order valence-electron chi connectivity index (χ4n) is 2.56. The van der Waals surface area contributed by atoms with Gasteiger partial charge in [0, 0.05) is 0 Å². The Labute approximate surface area is 165 Å². The number of sulfonamides is 1. The van der Waals surface area contributed by atoms with Gasteiger partial charge >= 0.3 is 5.97 Å². The van der Waals surface area contributed by atoms with Crippen LogP contribution in [0.1, 0.15) is 35.3 Å². The molecule has 0 amide bonds. The predicted molar refractivity (Wildman–Crippen MR) is 107 cm³/mol. The van der Waals surface area contributed by atoms with Crippen LogP contribution in [0.5, 0.6) is 11.5 Å². The third kappa shape index (κ3) is 4.75. The topological polar surface area (TPSA) is 90.9 Å². The summed E-state index contributed by atoms with van der Waals surface area (Å²) < 4.78 is 44.2. The number of hydrogen-bond acceptors (Lipinski definition) is 6. The molecule has 0 aliphatic carbocycles. The van der Waals surface area contributed by atoms with Gasteiger partial charge in [-0.2, -0.15) is 0 Å². The predicted octanol–water partition coefficient (Wildman–Crippen LogP) is 3.69. The molecule has 28 heavy (non-hydrogen) atoms. The maximum absolute atomic E-state index is 13.0. The molecule has 0 saturated heterocycles. The van der Waals surface area contributed by atoms with E-state index in [1.54, 1.807) is 26.0 Å². The molecule has 0 atom stereocenters. The lowest BCUT2D eigenvalue weighted by atomic mass is 10.1. The fourth-order valence-corrected chi connectivity index (χ4v) is 3.86. The number of esters is 1. The lowest BCUT2D eigenvalue weighted by Gasteiger charge is -2.16. The van der Waals surface area contributed by atoms with Crippen LogP contribution >= 0.6 is 0 Å². The molecule has 1 N–H and O–H groups in total. The zero-order valence-electron chi connectivity index (χ0n) is 16.7. The lowest BCUT2D eigenvalue weighted by molar-refractivity contribution is 0.0526. The van der Waals surface area contributed by atoms with Crippen LogP contribution in [0.3, 0.4) is 0 Å². The second kappa shape index (κ2) is 8.97. The third-order valence-electron chi connectivity index (χ3n) is 4.11. The molecular weight excluding hydrogens is 382 g/mol. The van der Waals surface area contributed by atoms with Crippen molar-refractivity contribution in [1.82, 2.24) is 0 Å². The first-order valence-corrected chi connectivity index (χ1v) is 10.3. The highest BCUT2D eigenvalue weighted by Crippen LogP contribution is 2.32. The molecule has 0 spiro atoms. The number of ether oxygens (including phenoxy) is 3. The van der Waals surface area contributed by atoms with Crippen molar-refractivity contribution >= 4 is 21.7 Å². The zero-order valence-corrected chi connectivity index (χ0v) is 17.5. The molecule has 7 nitrogen and oxygen atoms in total. The van der Waals surface area contributed by atoms with Gasteiger partial charge in [0.15, 0.2) is 0 Å². The summed E-state index contributed by atoms with van der Waals surface area (Å²) in [6.07, 6.45) is 0. The molecule has 0 unspecified atom stereocenters. The summed E-state index contributed by atoms with van der Waals surface area (Å²) in [5.41, 5.74) is 2.24. The Bertz CT molecular complexity index is 969. The number of aryl methyl sites for hydroxylation is 2. The van der Waals surface area contributed by atoms with Crippen LogP contribution in [0, 0.1) is 13.8 Å². The SMILES string of the molecule is CCOC(=O)c1ccc(NS(=O)(=O)c2cc(C)c(C)cc2OC)c(OCC)c1. The number of carbonyl (C=O) groups is 1. The number of hydrogen-bond donors (Lipinski definition) is 1. The molecule has 2 aromatic carbocycles. The number of anilines is 1. The minimum absolute atomic E-state index is 0.0232. The summed E-state index contributed by atoms with van der Waals surface area (Å²) in [6.45, 7) is 7.72. The van der Waals surface area contributed by atoms with E-state index in [-0.39, 0.29) is 34.3 Å². The Hall–Kier alpha value is -2.74. The van der Waals surface area contributed by atoms with Crippen molar-refractivity contribution in [1.29, 1.82) is 0 Å². The van der Waals surface area contributed by atoms with E-state index in [9.17, 15) is 13.2 Å². The quantitative estimate of drug-likeness (QED) is 0.671. The molecule has 2 aromatic rings. The monoisotopic (exact) mass is 407 g/mol.